The van der Waals surface area contributed by atoms with Gasteiger partial charge in [0.1, 0.15) is 5.02 Å². The Morgan fingerprint density at radius 2 is 2.31 bits per heavy atom. The molecule has 0 spiro atoms. The van der Waals surface area contributed by atoms with Gasteiger partial charge in [-0.1, -0.05) is 24.6 Å². The second kappa shape index (κ2) is 5.73. The minimum absolute atomic E-state index is 0.0490. The number of aryl methyl sites for hydroxylation is 1. The number of nitriles is 1. The lowest BCUT2D eigenvalue weighted by Gasteiger charge is -2.05. The number of nitro benzene ring substituents is 1. The van der Waals surface area contributed by atoms with Gasteiger partial charge in [-0.15, -0.1) is 11.8 Å². The average Bonchev–Trinajstić information content (AvgIpc) is 2.26. The number of nitro groups is 1. The van der Waals surface area contributed by atoms with E-state index in [4.69, 9.17) is 16.9 Å². The second-order valence-electron chi connectivity index (χ2n) is 2.94. The summed E-state index contributed by atoms with van der Waals surface area (Å²) < 4.78 is 0. The highest BCUT2D eigenvalue weighted by atomic mass is 35.5. The van der Waals surface area contributed by atoms with E-state index in [0.717, 1.165) is 0 Å². The lowest BCUT2D eigenvalue weighted by Crippen LogP contribution is -1.96. The highest BCUT2D eigenvalue weighted by Gasteiger charge is 2.20. The zero-order chi connectivity index (χ0) is 12.1. The number of hydrogen-bond acceptors (Lipinski definition) is 4. The molecule has 1 rings (SSSR count). The van der Waals surface area contributed by atoms with Crippen LogP contribution in [0.4, 0.5) is 5.69 Å². The predicted molar refractivity (Wildman–Crippen MR) is 63.8 cm³/mol. The first-order valence-corrected chi connectivity index (χ1v) is 5.93. The van der Waals surface area contributed by atoms with Crippen LogP contribution in [0.1, 0.15) is 12.5 Å². The quantitative estimate of drug-likeness (QED) is 0.470. The molecule has 0 aliphatic carbocycles. The molecule has 0 aromatic heterocycles. The van der Waals surface area contributed by atoms with Crippen molar-refractivity contribution in [3.8, 4) is 6.07 Å². The molecule has 0 amide bonds. The number of halogens is 1. The molecule has 0 bridgehead atoms. The van der Waals surface area contributed by atoms with Crippen molar-refractivity contribution in [2.45, 2.75) is 18.2 Å². The van der Waals surface area contributed by atoms with Gasteiger partial charge in [-0.25, -0.2) is 0 Å². The van der Waals surface area contributed by atoms with E-state index in [-0.39, 0.29) is 16.5 Å². The van der Waals surface area contributed by atoms with Crippen molar-refractivity contribution in [1.82, 2.24) is 0 Å². The summed E-state index contributed by atoms with van der Waals surface area (Å²) in [5, 5.41) is 19.5. The first-order chi connectivity index (χ1) is 7.61. The Labute approximate surface area is 102 Å². The molecule has 0 atom stereocenters. The SMILES string of the molecule is CCc1ccc(SCC#N)c(Cl)c1[N+](=O)[O-]. The Bertz CT molecular complexity index is 457. The third-order valence-corrected chi connectivity index (χ3v) is 3.44. The van der Waals surface area contributed by atoms with Crippen LogP contribution in [0.15, 0.2) is 17.0 Å². The fraction of sp³-hybridized carbons (Fsp3) is 0.300. The van der Waals surface area contributed by atoms with Gasteiger partial charge in [-0.05, 0) is 12.5 Å². The van der Waals surface area contributed by atoms with E-state index >= 15 is 0 Å². The Hall–Kier alpha value is -1.25. The van der Waals surface area contributed by atoms with Crippen molar-refractivity contribution in [3.63, 3.8) is 0 Å². The lowest BCUT2D eigenvalue weighted by atomic mass is 10.1. The number of benzene rings is 1. The molecule has 16 heavy (non-hydrogen) atoms. The predicted octanol–water partition coefficient (Wildman–Crippen LogP) is 3.43. The molecule has 0 aliphatic rings. The Morgan fingerprint density at radius 3 is 2.81 bits per heavy atom. The van der Waals surface area contributed by atoms with Crippen molar-refractivity contribution >= 4 is 29.1 Å². The monoisotopic (exact) mass is 256 g/mol. The molecule has 6 heteroatoms. The number of thioether (sulfide) groups is 1. The molecule has 0 heterocycles. The Morgan fingerprint density at radius 1 is 1.62 bits per heavy atom. The summed E-state index contributed by atoms with van der Waals surface area (Å²) >= 11 is 7.15. The summed E-state index contributed by atoms with van der Waals surface area (Å²) in [6.07, 6.45) is 0.555. The molecule has 1 aromatic rings. The van der Waals surface area contributed by atoms with Crippen molar-refractivity contribution in [1.29, 1.82) is 5.26 Å². The van der Waals surface area contributed by atoms with Gasteiger partial charge < -0.3 is 0 Å². The Balaban J connectivity index is 3.22. The first-order valence-electron chi connectivity index (χ1n) is 4.57. The molecular formula is C10H9ClN2O2S. The summed E-state index contributed by atoms with van der Waals surface area (Å²) in [5.41, 5.74) is 0.559. The maximum atomic E-state index is 10.9. The van der Waals surface area contributed by atoms with Crippen molar-refractivity contribution in [2.75, 3.05) is 5.75 Å². The number of hydrogen-bond donors (Lipinski definition) is 0. The first kappa shape index (κ1) is 12.8. The maximum Gasteiger partial charge on any atom is 0.292 e. The van der Waals surface area contributed by atoms with Crippen LogP contribution in [0.5, 0.6) is 0 Å². The van der Waals surface area contributed by atoms with Gasteiger partial charge in [0.15, 0.2) is 0 Å². The van der Waals surface area contributed by atoms with E-state index in [1.54, 1.807) is 12.1 Å². The van der Waals surface area contributed by atoms with Crippen LogP contribution >= 0.6 is 23.4 Å². The summed E-state index contributed by atoms with van der Waals surface area (Å²) in [5.74, 6) is 0.225. The van der Waals surface area contributed by atoms with Gasteiger partial charge in [0.2, 0.25) is 0 Å². The molecule has 84 valence electrons. The smallest absolute Gasteiger partial charge is 0.258 e. The van der Waals surface area contributed by atoms with Crippen LogP contribution in [-0.2, 0) is 6.42 Å². The topological polar surface area (TPSA) is 66.9 Å². The molecule has 1 aromatic carbocycles. The van der Waals surface area contributed by atoms with Crippen molar-refractivity contribution in [3.05, 3.63) is 32.8 Å². The van der Waals surface area contributed by atoms with Gasteiger partial charge in [0.25, 0.3) is 5.69 Å². The second-order valence-corrected chi connectivity index (χ2v) is 4.34. The lowest BCUT2D eigenvalue weighted by molar-refractivity contribution is -0.385. The molecule has 0 saturated carbocycles. The normalized spacial score (nSPS) is 9.81. The largest absolute Gasteiger partial charge is 0.292 e. The van der Waals surface area contributed by atoms with Gasteiger partial charge in [-0.3, -0.25) is 10.1 Å². The van der Waals surface area contributed by atoms with Crippen LogP contribution < -0.4 is 0 Å². The molecule has 0 unspecified atom stereocenters. The van der Waals surface area contributed by atoms with Crippen LogP contribution in [0.25, 0.3) is 0 Å². The van der Waals surface area contributed by atoms with Crippen LogP contribution in [0, 0.1) is 21.4 Å². The maximum absolute atomic E-state index is 10.9. The van der Waals surface area contributed by atoms with E-state index < -0.39 is 4.92 Å². The summed E-state index contributed by atoms with van der Waals surface area (Å²) in [6.45, 7) is 1.83. The molecule has 4 nitrogen and oxygen atoms in total. The molecule has 0 saturated heterocycles. The standard InChI is InChI=1S/C10H9ClN2O2S/c1-2-7-3-4-8(16-6-5-12)9(11)10(7)13(14)15/h3-4H,2,6H2,1H3. The molecule has 0 fully saturated rings. The van der Waals surface area contributed by atoms with Crippen LogP contribution in [-0.4, -0.2) is 10.7 Å². The van der Waals surface area contributed by atoms with Gasteiger partial charge >= 0.3 is 0 Å². The van der Waals surface area contributed by atoms with E-state index in [2.05, 4.69) is 0 Å². The molecule has 0 aliphatic heterocycles. The zero-order valence-corrected chi connectivity index (χ0v) is 10.1. The number of rotatable bonds is 4. The minimum atomic E-state index is -0.475. The van der Waals surface area contributed by atoms with E-state index in [9.17, 15) is 10.1 Å². The van der Waals surface area contributed by atoms with Gasteiger partial charge in [-0.2, -0.15) is 5.26 Å². The van der Waals surface area contributed by atoms with E-state index in [1.165, 1.54) is 11.8 Å². The van der Waals surface area contributed by atoms with E-state index in [1.807, 2.05) is 13.0 Å². The van der Waals surface area contributed by atoms with Gasteiger partial charge in [0, 0.05) is 10.5 Å². The minimum Gasteiger partial charge on any atom is -0.258 e. The molecule has 0 N–H and O–H groups in total. The third-order valence-electron chi connectivity index (χ3n) is 2.02. The van der Waals surface area contributed by atoms with Crippen molar-refractivity contribution < 1.29 is 4.92 Å². The Kier molecular flexibility index (Phi) is 4.59. The van der Waals surface area contributed by atoms with Crippen molar-refractivity contribution in [2.24, 2.45) is 0 Å². The summed E-state index contributed by atoms with van der Waals surface area (Å²) in [4.78, 5) is 11.0. The zero-order valence-electron chi connectivity index (χ0n) is 8.57. The number of nitrogens with zero attached hydrogens (tertiary/aromatic N) is 2. The van der Waals surface area contributed by atoms with Crippen LogP contribution in [0.3, 0.4) is 0 Å². The molecular weight excluding hydrogens is 248 g/mol. The van der Waals surface area contributed by atoms with E-state index in [0.29, 0.717) is 16.9 Å². The van der Waals surface area contributed by atoms with Gasteiger partial charge in [0.05, 0.1) is 16.7 Å². The fourth-order valence-corrected chi connectivity index (χ4v) is 2.31. The van der Waals surface area contributed by atoms with Crippen LogP contribution in [0.2, 0.25) is 5.02 Å². The fourth-order valence-electron chi connectivity index (χ4n) is 1.29. The third kappa shape index (κ3) is 2.65. The highest BCUT2D eigenvalue weighted by Crippen LogP contribution is 2.37. The highest BCUT2D eigenvalue weighted by molar-refractivity contribution is 7.99. The summed E-state index contributed by atoms with van der Waals surface area (Å²) in [7, 11) is 0. The average molecular weight is 257 g/mol. The summed E-state index contributed by atoms with van der Waals surface area (Å²) in [6, 6.07) is 5.36. The molecule has 0 radical (unpaired) electrons.